The number of aromatic carboxylic acids is 1. The van der Waals surface area contributed by atoms with Crippen molar-refractivity contribution in [1.82, 2.24) is 9.78 Å². The molecule has 0 aliphatic heterocycles. The first-order valence-corrected chi connectivity index (χ1v) is 11.0. The first kappa shape index (κ1) is 23.0. The molecule has 172 valence electrons. The fraction of sp³-hybridized carbons (Fsp3) is 0.333. The van der Waals surface area contributed by atoms with Crippen LogP contribution in [0.25, 0.3) is 12.2 Å². The van der Waals surface area contributed by atoms with Gasteiger partial charge in [0.05, 0.1) is 24.3 Å². The van der Waals surface area contributed by atoms with Crippen LogP contribution in [0, 0.1) is 0 Å². The van der Waals surface area contributed by atoms with Crippen molar-refractivity contribution in [3.63, 3.8) is 0 Å². The summed E-state index contributed by atoms with van der Waals surface area (Å²) in [5, 5.41) is 35.3. The molecule has 1 aromatic heterocycles. The second kappa shape index (κ2) is 8.28. The maximum absolute atomic E-state index is 11.1. The van der Waals surface area contributed by atoms with E-state index in [4.69, 9.17) is 5.11 Å². The Morgan fingerprint density at radius 2 is 1.61 bits per heavy atom. The summed E-state index contributed by atoms with van der Waals surface area (Å²) in [6.07, 6.45) is 5.84. The van der Waals surface area contributed by atoms with Gasteiger partial charge in [0.1, 0.15) is 0 Å². The summed E-state index contributed by atoms with van der Waals surface area (Å²) in [5.41, 5.74) is 3.96. The highest BCUT2D eigenvalue weighted by Crippen LogP contribution is 2.47. The van der Waals surface area contributed by atoms with Crippen LogP contribution in [0.1, 0.15) is 65.9 Å². The molecular weight excluding hydrogens is 416 g/mol. The molecule has 2 aromatic carbocycles. The SMILES string of the molecule is CC1(C)c2cc(C=Cc3ccc(C(=O)O)cc3)c(Cn3cccn3)cc2C(C)(C)[C@@H](O)[C@H]1O. The third-order valence-electron chi connectivity index (χ3n) is 6.95. The van der Waals surface area contributed by atoms with Gasteiger partial charge >= 0.3 is 5.97 Å². The second-order valence-electron chi connectivity index (χ2n) is 9.89. The zero-order valence-electron chi connectivity index (χ0n) is 19.4. The summed E-state index contributed by atoms with van der Waals surface area (Å²) in [7, 11) is 0. The maximum Gasteiger partial charge on any atom is 0.335 e. The van der Waals surface area contributed by atoms with Gasteiger partial charge in [0, 0.05) is 23.2 Å². The van der Waals surface area contributed by atoms with E-state index in [-0.39, 0.29) is 5.56 Å². The first-order chi connectivity index (χ1) is 15.5. The van der Waals surface area contributed by atoms with Crippen molar-refractivity contribution < 1.29 is 20.1 Å². The molecule has 0 fully saturated rings. The number of fused-ring (bicyclic) bond motifs is 1. The summed E-state index contributed by atoms with van der Waals surface area (Å²) in [6, 6.07) is 12.8. The molecule has 0 unspecified atom stereocenters. The van der Waals surface area contributed by atoms with E-state index in [0.717, 1.165) is 27.8 Å². The average molecular weight is 447 g/mol. The van der Waals surface area contributed by atoms with E-state index in [1.165, 1.54) is 0 Å². The molecule has 0 saturated heterocycles. The molecule has 0 bridgehead atoms. The van der Waals surface area contributed by atoms with Gasteiger partial charge in [-0.3, -0.25) is 4.68 Å². The van der Waals surface area contributed by atoms with Gasteiger partial charge in [-0.2, -0.15) is 5.10 Å². The van der Waals surface area contributed by atoms with Gasteiger partial charge in [0.25, 0.3) is 0 Å². The number of nitrogens with zero attached hydrogens (tertiary/aromatic N) is 2. The smallest absolute Gasteiger partial charge is 0.335 e. The van der Waals surface area contributed by atoms with Gasteiger partial charge < -0.3 is 15.3 Å². The predicted octanol–water partition coefficient (Wildman–Crippen LogP) is 4.09. The minimum Gasteiger partial charge on any atom is -0.478 e. The third kappa shape index (κ3) is 4.12. The van der Waals surface area contributed by atoms with Crippen LogP contribution in [-0.4, -0.2) is 43.3 Å². The van der Waals surface area contributed by atoms with E-state index < -0.39 is 29.0 Å². The Morgan fingerprint density at radius 3 is 2.15 bits per heavy atom. The van der Waals surface area contributed by atoms with Crippen molar-refractivity contribution in [2.45, 2.75) is 57.3 Å². The van der Waals surface area contributed by atoms with Gasteiger partial charge in [-0.15, -0.1) is 0 Å². The number of hydrogen-bond donors (Lipinski definition) is 3. The molecule has 33 heavy (non-hydrogen) atoms. The number of aromatic nitrogens is 2. The van der Waals surface area contributed by atoms with Crippen LogP contribution in [0.5, 0.6) is 0 Å². The lowest BCUT2D eigenvalue weighted by Crippen LogP contribution is -2.56. The van der Waals surface area contributed by atoms with Crippen LogP contribution in [0.2, 0.25) is 0 Å². The third-order valence-corrected chi connectivity index (χ3v) is 6.95. The largest absolute Gasteiger partial charge is 0.478 e. The van der Waals surface area contributed by atoms with Crippen molar-refractivity contribution >= 4 is 18.1 Å². The zero-order chi connectivity index (χ0) is 24.0. The van der Waals surface area contributed by atoms with Gasteiger partial charge in [0.15, 0.2) is 0 Å². The van der Waals surface area contributed by atoms with Gasteiger partial charge in [-0.25, -0.2) is 4.79 Å². The predicted molar refractivity (Wildman–Crippen MR) is 128 cm³/mol. The lowest BCUT2D eigenvalue weighted by atomic mass is 9.59. The fourth-order valence-electron chi connectivity index (χ4n) is 4.62. The number of carboxylic acids is 1. The minimum atomic E-state index is -0.952. The maximum atomic E-state index is 11.1. The van der Waals surface area contributed by atoms with E-state index >= 15 is 0 Å². The van der Waals surface area contributed by atoms with Crippen molar-refractivity contribution in [3.8, 4) is 0 Å². The van der Waals surface area contributed by atoms with Crippen LogP contribution in [0.4, 0.5) is 0 Å². The molecule has 0 radical (unpaired) electrons. The Hall–Kier alpha value is -3.22. The molecule has 0 amide bonds. The van der Waals surface area contributed by atoms with Crippen molar-refractivity contribution in [2.75, 3.05) is 0 Å². The van der Waals surface area contributed by atoms with Crippen LogP contribution in [0.3, 0.4) is 0 Å². The quantitative estimate of drug-likeness (QED) is 0.513. The fourth-order valence-corrected chi connectivity index (χ4v) is 4.62. The Labute approximate surface area is 193 Å². The van der Waals surface area contributed by atoms with Gasteiger partial charge in [0.2, 0.25) is 0 Å². The van der Waals surface area contributed by atoms with Crippen molar-refractivity contribution in [3.05, 3.63) is 88.2 Å². The van der Waals surface area contributed by atoms with Crippen molar-refractivity contribution in [2.24, 2.45) is 0 Å². The summed E-state index contributed by atoms with van der Waals surface area (Å²) in [6.45, 7) is 8.41. The van der Waals surface area contributed by atoms with Gasteiger partial charge in [-0.1, -0.05) is 64.1 Å². The van der Waals surface area contributed by atoms with Crippen LogP contribution in [-0.2, 0) is 17.4 Å². The summed E-state index contributed by atoms with van der Waals surface area (Å²) in [4.78, 5) is 11.1. The molecule has 6 heteroatoms. The molecule has 2 atom stereocenters. The van der Waals surface area contributed by atoms with E-state index in [1.54, 1.807) is 30.5 Å². The number of rotatable bonds is 5. The molecule has 1 aliphatic carbocycles. The molecule has 3 aromatic rings. The zero-order valence-corrected chi connectivity index (χ0v) is 19.4. The Balaban J connectivity index is 1.83. The number of carboxylic acid groups (broad SMARTS) is 1. The summed E-state index contributed by atoms with van der Waals surface area (Å²) in [5.74, 6) is -0.952. The lowest BCUT2D eigenvalue weighted by Gasteiger charge is -2.49. The Bertz CT molecular complexity index is 1190. The number of benzene rings is 2. The van der Waals surface area contributed by atoms with Gasteiger partial charge in [-0.05, 0) is 46.0 Å². The van der Waals surface area contributed by atoms with Crippen LogP contribution in [0.15, 0.2) is 54.9 Å². The lowest BCUT2D eigenvalue weighted by molar-refractivity contribution is -0.0673. The summed E-state index contributed by atoms with van der Waals surface area (Å²) < 4.78 is 1.85. The van der Waals surface area contributed by atoms with E-state index in [0.29, 0.717) is 6.54 Å². The number of aliphatic hydroxyl groups excluding tert-OH is 2. The second-order valence-corrected chi connectivity index (χ2v) is 9.89. The number of aliphatic hydroxyl groups is 2. The molecule has 0 spiro atoms. The Morgan fingerprint density at radius 1 is 1.00 bits per heavy atom. The number of hydrogen-bond acceptors (Lipinski definition) is 4. The molecule has 1 heterocycles. The standard InChI is InChI=1S/C27H30N2O4/c1-26(2)21-14-19(11-8-17-6-9-18(10-7-17)25(32)33)20(16-29-13-5-12-28-29)15-22(21)27(3,4)24(31)23(26)30/h5-15,23-24,30-31H,16H2,1-4H3,(H,32,33)/t23-,24+/m1/s1. The minimum absolute atomic E-state index is 0.247. The topological polar surface area (TPSA) is 95.6 Å². The molecule has 6 nitrogen and oxygen atoms in total. The van der Waals surface area contributed by atoms with E-state index in [9.17, 15) is 15.0 Å². The highest BCUT2D eigenvalue weighted by Gasteiger charge is 2.50. The van der Waals surface area contributed by atoms with Crippen molar-refractivity contribution in [1.29, 1.82) is 0 Å². The molecule has 4 rings (SSSR count). The highest BCUT2D eigenvalue weighted by molar-refractivity contribution is 5.88. The average Bonchev–Trinajstić information content (AvgIpc) is 3.29. The molecule has 3 N–H and O–H groups in total. The highest BCUT2D eigenvalue weighted by atomic mass is 16.4. The monoisotopic (exact) mass is 446 g/mol. The molecule has 0 saturated carbocycles. The first-order valence-electron chi connectivity index (χ1n) is 11.0. The van der Waals surface area contributed by atoms with Crippen LogP contribution >= 0.6 is 0 Å². The van der Waals surface area contributed by atoms with E-state index in [2.05, 4.69) is 17.2 Å². The van der Waals surface area contributed by atoms with Crippen LogP contribution < -0.4 is 0 Å². The Kier molecular flexibility index (Phi) is 5.76. The normalized spacial score (nSPS) is 21.2. The number of carbonyl (C=O) groups is 1. The van der Waals surface area contributed by atoms with E-state index in [1.807, 2.05) is 56.8 Å². The molecular formula is C27H30N2O4. The summed E-state index contributed by atoms with van der Waals surface area (Å²) >= 11 is 0. The molecule has 1 aliphatic rings.